The van der Waals surface area contributed by atoms with Crippen LogP contribution in [0.25, 0.3) is 0 Å². The van der Waals surface area contributed by atoms with Crippen molar-refractivity contribution in [3.8, 4) is 11.5 Å². The maximum absolute atomic E-state index is 12.6. The number of rotatable bonds is 5. The molecule has 1 saturated heterocycles. The third-order valence-corrected chi connectivity index (χ3v) is 4.10. The van der Waals surface area contributed by atoms with Gasteiger partial charge in [-0.05, 0) is 73.8 Å². The van der Waals surface area contributed by atoms with E-state index in [2.05, 4.69) is 5.32 Å². The van der Waals surface area contributed by atoms with Gasteiger partial charge < -0.3 is 19.9 Å². The summed E-state index contributed by atoms with van der Waals surface area (Å²) >= 11 is 0. The molecule has 0 aromatic heterocycles. The lowest BCUT2D eigenvalue weighted by atomic mass is 9.90. The number of hydrogen-bond donors (Lipinski definition) is 2. The largest absolute Gasteiger partial charge is 0.497 e. The van der Waals surface area contributed by atoms with Crippen LogP contribution in [0.15, 0.2) is 48.5 Å². The van der Waals surface area contributed by atoms with Crippen LogP contribution >= 0.6 is 0 Å². The summed E-state index contributed by atoms with van der Waals surface area (Å²) in [5, 5.41) is 11.8. The fraction of sp³-hybridized carbons (Fsp3) is 0.400. The third-order valence-electron chi connectivity index (χ3n) is 4.10. The molecule has 5 heteroatoms. The predicted molar refractivity (Wildman–Crippen MR) is 96.8 cm³/mol. The summed E-state index contributed by atoms with van der Waals surface area (Å²) in [7, 11) is 1.61. The van der Waals surface area contributed by atoms with Crippen molar-refractivity contribution >= 4 is 0 Å². The van der Waals surface area contributed by atoms with E-state index in [1.54, 1.807) is 31.4 Å². The van der Waals surface area contributed by atoms with Gasteiger partial charge in [0.1, 0.15) is 23.9 Å². The molecule has 0 atom stereocenters. The summed E-state index contributed by atoms with van der Waals surface area (Å²) < 4.78 is 22.8. The SMILES string of the molecule is COc1ccc(OCCO)cc1.Fc1ccc(C2CCNCC2)cc1. The second-order valence-electron chi connectivity index (χ2n) is 5.82. The maximum atomic E-state index is 12.6. The van der Waals surface area contributed by atoms with Crippen molar-refractivity contribution in [2.45, 2.75) is 18.8 Å². The molecule has 1 heterocycles. The topological polar surface area (TPSA) is 50.7 Å². The van der Waals surface area contributed by atoms with Gasteiger partial charge in [0.15, 0.2) is 0 Å². The number of nitrogens with one attached hydrogen (secondary N) is 1. The fourth-order valence-corrected chi connectivity index (χ4v) is 2.73. The Morgan fingerprint density at radius 2 is 1.60 bits per heavy atom. The molecule has 1 aliphatic heterocycles. The van der Waals surface area contributed by atoms with Crippen molar-refractivity contribution in [3.05, 3.63) is 59.9 Å². The molecule has 0 spiro atoms. The molecule has 1 fully saturated rings. The number of ether oxygens (including phenoxy) is 2. The molecule has 0 amide bonds. The average Bonchev–Trinajstić information content (AvgIpc) is 2.68. The van der Waals surface area contributed by atoms with Crippen molar-refractivity contribution in [3.63, 3.8) is 0 Å². The Morgan fingerprint density at radius 1 is 1.00 bits per heavy atom. The number of piperidine rings is 1. The monoisotopic (exact) mass is 347 g/mol. The van der Waals surface area contributed by atoms with E-state index in [1.165, 1.54) is 18.4 Å². The van der Waals surface area contributed by atoms with E-state index >= 15 is 0 Å². The van der Waals surface area contributed by atoms with Gasteiger partial charge in [0.25, 0.3) is 0 Å². The zero-order valence-electron chi connectivity index (χ0n) is 14.6. The second-order valence-corrected chi connectivity index (χ2v) is 5.82. The van der Waals surface area contributed by atoms with E-state index in [4.69, 9.17) is 14.6 Å². The highest BCUT2D eigenvalue weighted by Crippen LogP contribution is 2.24. The minimum atomic E-state index is -0.141. The lowest BCUT2D eigenvalue weighted by Gasteiger charge is -2.22. The molecule has 0 radical (unpaired) electrons. The molecular weight excluding hydrogens is 321 g/mol. The minimum Gasteiger partial charge on any atom is -0.497 e. The number of methoxy groups -OCH3 is 1. The molecule has 0 unspecified atom stereocenters. The number of hydrogen-bond acceptors (Lipinski definition) is 4. The maximum Gasteiger partial charge on any atom is 0.123 e. The van der Waals surface area contributed by atoms with Crippen LogP contribution in [0, 0.1) is 5.82 Å². The molecule has 25 heavy (non-hydrogen) atoms. The lowest BCUT2D eigenvalue weighted by molar-refractivity contribution is 0.201. The Morgan fingerprint density at radius 3 is 2.16 bits per heavy atom. The smallest absolute Gasteiger partial charge is 0.123 e. The van der Waals surface area contributed by atoms with Crippen LogP contribution in [0.4, 0.5) is 4.39 Å². The number of aliphatic hydroxyl groups is 1. The summed E-state index contributed by atoms with van der Waals surface area (Å²) in [5.74, 6) is 2.02. The predicted octanol–water partition coefficient (Wildman–Crippen LogP) is 3.36. The van der Waals surface area contributed by atoms with E-state index in [-0.39, 0.29) is 12.4 Å². The van der Waals surface area contributed by atoms with E-state index in [0.717, 1.165) is 24.6 Å². The van der Waals surface area contributed by atoms with E-state index in [1.807, 2.05) is 24.3 Å². The summed E-state index contributed by atoms with van der Waals surface area (Å²) in [6.07, 6.45) is 2.34. The quantitative estimate of drug-likeness (QED) is 0.871. The lowest BCUT2D eigenvalue weighted by Crippen LogP contribution is -2.26. The van der Waals surface area contributed by atoms with Gasteiger partial charge in [-0.25, -0.2) is 4.39 Å². The van der Waals surface area contributed by atoms with Crippen LogP contribution in [0.1, 0.15) is 24.3 Å². The van der Waals surface area contributed by atoms with Gasteiger partial charge in [0, 0.05) is 0 Å². The molecule has 0 saturated carbocycles. The van der Waals surface area contributed by atoms with Gasteiger partial charge in [0.2, 0.25) is 0 Å². The highest BCUT2D eigenvalue weighted by atomic mass is 19.1. The Hall–Kier alpha value is -2.11. The Labute approximate surface area is 148 Å². The summed E-state index contributed by atoms with van der Waals surface area (Å²) in [6, 6.07) is 14.1. The zero-order chi connectivity index (χ0) is 17.9. The zero-order valence-corrected chi connectivity index (χ0v) is 14.6. The van der Waals surface area contributed by atoms with E-state index in [0.29, 0.717) is 12.5 Å². The van der Waals surface area contributed by atoms with E-state index < -0.39 is 0 Å². The highest BCUT2D eigenvalue weighted by molar-refractivity contribution is 5.31. The number of halogens is 1. The van der Waals surface area contributed by atoms with Crippen molar-refractivity contribution in [2.24, 2.45) is 0 Å². The number of benzene rings is 2. The average molecular weight is 347 g/mol. The normalized spacial score (nSPS) is 14.4. The van der Waals surface area contributed by atoms with Gasteiger partial charge in [-0.1, -0.05) is 12.1 Å². The third kappa shape index (κ3) is 6.72. The summed E-state index contributed by atoms with van der Waals surface area (Å²) in [5.41, 5.74) is 1.28. The van der Waals surface area contributed by atoms with Gasteiger partial charge in [-0.15, -0.1) is 0 Å². The van der Waals surface area contributed by atoms with Crippen LogP contribution in [-0.2, 0) is 0 Å². The summed E-state index contributed by atoms with van der Waals surface area (Å²) in [4.78, 5) is 0. The molecular formula is C20H26FNO3. The van der Waals surface area contributed by atoms with Crippen LogP contribution in [0.2, 0.25) is 0 Å². The molecule has 0 bridgehead atoms. The van der Waals surface area contributed by atoms with E-state index in [9.17, 15) is 4.39 Å². The fourth-order valence-electron chi connectivity index (χ4n) is 2.73. The molecule has 2 aromatic rings. The van der Waals surface area contributed by atoms with Crippen molar-refractivity contribution < 1.29 is 19.0 Å². The van der Waals surface area contributed by atoms with Gasteiger partial charge in [-0.3, -0.25) is 0 Å². The second kappa shape index (κ2) is 10.7. The Bertz CT molecular complexity index is 595. The van der Waals surface area contributed by atoms with Crippen LogP contribution < -0.4 is 14.8 Å². The molecule has 136 valence electrons. The first-order chi connectivity index (χ1) is 12.2. The standard InChI is InChI=1S/C11H14FN.C9H12O3/c12-11-3-1-9(2-4-11)10-5-7-13-8-6-10;1-11-8-2-4-9(5-3-8)12-7-6-10/h1-4,10,13H,5-8H2;2-5,10H,6-7H2,1H3. The van der Waals surface area contributed by atoms with Crippen molar-refractivity contribution in [2.75, 3.05) is 33.4 Å². The Kier molecular flexibility index (Phi) is 8.22. The van der Waals surface area contributed by atoms with Crippen LogP contribution in [0.5, 0.6) is 11.5 Å². The molecule has 4 nitrogen and oxygen atoms in total. The van der Waals surface area contributed by atoms with Gasteiger partial charge in [-0.2, -0.15) is 0 Å². The first kappa shape index (κ1) is 19.2. The molecule has 2 N–H and O–H groups in total. The van der Waals surface area contributed by atoms with Gasteiger partial charge in [0.05, 0.1) is 13.7 Å². The van der Waals surface area contributed by atoms with Crippen LogP contribution in [0.3, 0.4) is 0 Å². The molecule has 3 rings (SSSR count). The van der Waals surface area contributed by atoms with Crippen molar-refractivity contribution in [1.82, 2.24) is 5.32 Å². The summed E-state index contributed by atoms with van der Waals surface area (Å²) in [6.45, 7) is 2.53. The molecule has 0 aliphatic carbocycles. The highest BCUT2D eigenvalue weighted by Gasteiger charge is 2.14. The first-order valence-electron chi connectivity index (χ1n) is 8.57. The van der Waals surface area contributed by atoms with Crippen molar-refractivity contribution in [1.29, 1.82) is 0 Å². The van der Waals surface area contributed by atoms with Gasteiger partial charge >= 0.3 is 0 Å². The minimum absolute atomic E-state index is 0.0338. The molecule has 2 aromatic carbocycles. The Balaban J connectivity index is 0.000000181. The molecule has 1 aliphatic rings. The first-order valence-corrected chi connectivity index (χ1v) is 8.57. The number of aliphatic hydroxyl groups excluding tert-OH is 1. The van der Waals surface area contributed by atoms with Crippen LogP contribution in [-0.4, -0.2) is 38.5 Å².